The van der Waals surface area contributed by atoms with Crippen molar-refractivity contribution in [3.05, 3.63) is 71.8 Å². The number of pyridine rings is 1. The fraction of sp³-hybridized carbons (Fsp3) is 0.176. The first kappa shape index (κ1) is 14.4. The smallest absolute Gasteiger partial charge is 0.169 e. The van der Waals surface area contributed by atoms with Crippen molar-refractivity contribution < 1.29 is 8.78 Å². The molecule has 1 aromatic carbocycles. The van der Waals surface area contributed by atoms with Gasteiger partial charge in [-0.25, -0.2) is 13.8 Å². The molecule has 0 aliphatic heterocycles. The van der Waals surface area contributed by atoms with E-state index in [1.165, 1.54) is 12.1 Å². The summed E-state index contributed by atoms with van der Waals surface area (Å²) in [4.78, 5) is 8.59. The zero-order valence-electron chi connectivity index (χ0n) is 12.3. The summed E-state index contributed by atoms with van der Waals surface area (Å²) in [7, 11) is 0. The Hall–Kier alpha value is -2.56. The maximum atomic E-state index is 14.0. The topological polar surface area (TPSA) is 30.7 Å². The van der Waals surface area contributed by atoms with Gasteiger partial charge in [-0.3, -0.25) is 4.98 Å². The SMILES string of the molecule is Cc1cccnc1C(C)n1ccnc1-c1cccc(F)c1F. The number of imidazole rings is 1. The Balaban J connectivity index is 2.10. The maximum Gasteiger partial charge on any atom is 0.169 e. The van der Waals surface area contributed by atoms with Crippen LogP contribution in [0.5, 0.6) is 0 Å². The minimum absolute atomic E-state index is 0.138. The Labute approximate surface area is 127 Å². The van der Waals surface area contributed by atoms with Crippen LogP contribution in [0.2, 0.25) is 0 Å². The van der Waals surface area contributed by atoms with Gasteiger partial charge in [-0.2, -0.15) is 0 Å². The van der Waals surface area contributed by atoms with Crippen molar-refractivity contribution >= 4 is 0 Å². The molecule has 0 fully saturated rings. The number of rotatable bonds is 3. The summed E-state index contributed by atoms with van der Waals surface area (Å²) in [5.41, 5.74) is 2.05. The van der Waals surface area contributed by atoms with Gasteiger partial charge in [0.25, 0.3) is 0 Å². The van der Waals surface area contributed by atoms with Crippen LogP contribution in [0, 0.1) is 18.6 Å². The molecule has 0 amide bonds. The van der Waals surface area contributed by atoms with Crippen molar-refractivity contribution in [3.63, 3.8) is 0 Å². The van der Waals surface area contributed by atoms with Crippen molar-refractivity contribution in [3.8, 4) is 11.4 Å². The molecule has 1 unspecified atom stereocenters. The van der Waals surface area contributed by atoms with Crippen LogP contribution in [0.1, 0.15) is 24.2 Å². The first-order valence-corrected chi connectivity index (χ1v) is 6.98. The van der Waals surface area contributed by atoms with Gasteiger partial charge >= 0.3 is 0 Å². The molecule has 0 N–H and O–H groups in total. The van der Waals surface area contributed by atoms with Gasteiger partial charge in [0.2, 0.25) is 0 Å². The number of benzene rings is 1. The van der Waals surface area contributed by atoms with Crippen LogP contribution in [-0.4, -0.2) is 14.5 Å². The fourth-order valence-electron chi connectivity index (χ4n) is 2.58. The minimum atomic E-state index is -0.889. The number of aromatic nitrogens is 3. The molecule has 0 saturated heterocycles. The van der Waals surface area contributed by atoms with Crippen LogP contribution in [-0.2, 0) is 0 Å². The molecule has 2 heterocycles. The molecular formula is C17H15F2N3. The highest BCUT2D eigenvalue weighted by molar-refractivity contribution is 5.57. The van der Waals surface area contributed by atoms with Crippen LogP contribution in [0.3, 0.4) is 0 Å². The summed E-state index contributed by atoms with van der Waals surface area (Å²) in [6.45, 7) is 3.93. The zero-order valence-corrected chi connectivity index (χ0v) is 12.3. The number of hydrogen-bond acceptors (Lipinski definition) is 2. The van der Waals surface area contributed by atoms with E-state index < -0.39 is 11.6 Å². The lowest BCUT2D eigenvalue weighted by Crippen LogP contribution is -2.11. The summed E-state index contributed by atoms with van der Waals surface area (Å²) in [6.07, 6.45) is 5.05. The third-order valence-electron chi connectivity index (χ3n) is 3.72. The zero-order chi connectivity index (χ0) is 15.7. The molecule has 1 atom stereocenters. The van der Waals surface area contributed by atoms with Gasteiger partial charge in [-0.1, -0.05) is 12.1 Å². The first-order valence-electron chi connectivity index (χ1n) is 6.98. The van der Waals surface area contributed by atoms with Gasteiger partial charge in [0, 0.05) is 18.6 Å². The van der Waals surface area contributed by atoms with Gasteiger partial charge in [-0.15, -0.1) is 0 Å². The Kier molecular flexibility index (Phi) is 3.71. The van der Waals surface area contributed by atoms with E-state index in [2.05, 4.69) is 9.97 Å². The van der Waals surface area contributed by atoms with E-state index >= 15 is 0 Å². The molecule has 0 radical (unpaired) electrons. The molecule has 3 nitrogen and oxygen atoms in total. The molecular weight excluding hydrogens is 284 g/mol. The summed E-state index contributed by atoms with van der Waals surface area (Å²) in [5.74, 6) is -1.39. The fourth-order valence-corrected chi connectivity index (χ4v) is 2.58. The largest absolute Gasteiger partial charge is 0.322 e. The molecule has 0 aliphatic carbocycles. The molecule has 3 aromatic rings. The van der Waals surface area contributed by atoms with E-state index in [4.69, 9.17) is 0 Å². The second kappa shape index (κ2) is 5.67. The standard InChI is InChI=1S/C17H15F2N3/c1-11-5-4-8-20-16(11)12(2)22-10-9-21-17(22)13-6-3-7-14(18)15(13)19/h3-10,12H,1-2H3. The predicted molar refractivity (Wildman–Crippen MR) is 80.4 cm³/mol. The Morgan fingerprint density at radius 1 is 1.05 bits per heavy atom. The second-order valence-electron chi connectivity index (χ2n) is 5.14. The molecule has 0 aliphatic rings. The number of hydrogen-bond donors (Lipinski definition) is 0. The van der Waals surface area contributed by atoms with E-state index in [0.29, 0.717) is 5.82 Å². The highest BCUT2D eigenvalue weighted by Gasteiger charge is 2.19. The summed E-state index contributed by atoms with van der Waals surface area (Å²) < 4.78 is 29.3. The lowest BCUT2D eigenvalue weighted by atomic mass is 10.1. The highest BCUT2D eigenvalue weighted by Crippen LogP contribution is 2.28. The van der Waals surface area contributed by atoms with Gasteiger partial charge < -0.3 is 4.57 Å². The summed E-state index contributed by atoms with van der Waals surface area (Å²) >= 11 is 0. The van der Waals surface area contributed by atoms with Gasteiger partial charge in [-0.05, 0) is 37.6 Å². The van der Waals surface area contributed by atoms with E-state index in [1.807, 2.05) is 26.0 Å². The van der Waals surface area contributed by atoms with Gasteiger partial charge in [0.15, 0.2) is 11.6 Å². The maximum absolute atomic E-state index is 14.0. The molecule has 0 saturated carbocycles. The summed E-state index contributed by atoms with van der Waals surface area (Å²) in [6, 6.07) is 7.79. The monoisotopic (exact) mass is 299 g/mol. The van der Waals surface area contributed by atoms with Crippen LogP contribution in [0.4, 0.5) is 8.78 Å². The van der Waals surface area contributed by atoms with Crippen molar-refractivity contribution in [2.75, 3.05) is 0 Å². The average molecular weight is 299 g/mol. The van der Waals surface area contributed by atoms with Gasteiger partial charge in [0.1, 0.15) is 5.82 Å². The van der Waals surface area contributed by atoms with Crippen molar-refractivity contribution in [1.82, 2.24) is 14.5 Å². The molecule has 5 heteroatoms. The van der Waals surface area contributed by atoms with Crippen molar-refractivity contribution in [2.24, 2.45) is 0 Å². The van der Waals surface area contributed by atoms with E-state index in [1.54, 1.807) is 23.2 Å². The highest BCUT2D eigenvalue weighted by atomic mass is 19.2. The number of halogens is 2. The number of nitrogens with zero attached hydrogens (tertiary/aromatic N) is 3. The minimum Gasteiger partial charge on any atom is -0.322 e. The van der Waals surface area contributed by atoms with E-state index in [-0.39, 0.29) is 11.6 Å². The molecule has 22 heavy (non-hydrogen) atoms. The summed E-state index contributed by atoms with van der Waals surface area (Å²) in [5, 5.41) is 0. The van der Waals surface area contributed by atoms with Gasteiger partial charge in [0.05, 0.1) is 17.3 Å². The van der Waals surface area contributed by atoms with E-state index in [9.17, 15) is 8.78 Å². The molecule has 0 bridgehead atoms. The molecule has 0 spiro atoms. The Morgan fingerprint density at radius 3 is 2.64 bits per heavy atom. The lowest BCUT2D eigenvalue weighted by Gasteiger charge is -2.18. The molecule has 2 aromatic heterocycles. The number of aryl methyl sites for hydroxylation is 1. The third kappa shape index (κ3) is 2.39. The average Bonchev–Trinajstić information content (AvgIpc) is 2.99. The predicted octanol–water partition coefficient (Wildman–Crippen LogP) is 4.14. The second-order valence-corrected chi connectivity index (χ2v) is 5.14. The van der Waals surface area contributed by atoms with Crippen LogP contribution < -0.4 is 0 Å². The Bertz CT molecular complexity index is 811. The third-order valence-corrected chi connectivity index (χ3v) is 3.72. The lowest BCUT2D eigenvalue weighted by molar-refractivity contribution is 0.509. The van der Waals surface area contributed by atoms with Crippen molar-refractivity contribution in [2.45, 2.75) is 19.9 Å². The van der Waals surface area contributed by atoms with Crippen LogP contribution in [0.25, 0.3) is 11.4 Å². The normalized spacial score (nSPS) is 12.4. The first-order chi connectivity index (χ1) is 10.6. The molecule has 3 rings (SSSR count). The Morgan fingerprint density at radius 2 is 1.86 bits per heavy atom. The van der Waals surface area contributed by atoms with Crippen LogP contribution in [0.15, 0.2) is 48.9 Å². The van der Waals surface area contributed by atoms with Crippen LogP contribution >= 0.6 is 0 Å². The van der Waals surface area contributed by atoms with E-state index in [0.717, 1.165) is 17.3 Å². The quantitative estimate of drug-likeness (QED) is 0.727. The molecule has 112 valence electrons. The van der Waals surface area contributed by atoms with Crippen molar-refractivity contribution in [1.29, 1.82) is 0 Å².